The number of nitrogen functional groups attached to an aromatic ring is 2. The van der Waals surface area contributed by atoms with Gasteiger partial charge in [0, 0.05) is 32.2 Å². The van der Waals surface area contributed by atoms with E-state index in [1.54, 1.807) is 0 Å². The van der Waals surface area contributed by atoms with Crippen LogP contribution in [0.4, 0.5) is 11.6 Å². The van der Waals surface area contributed by atoms with Crippen molar-refractivity contribution in [3.8, 4) is 0 Å². The van der Waals surface area contributed by atoms with Crippen LogP contribution in [0.15, 0.2) is 0 Å². The van der Waals surface area contributed by atoms with Crippen molar-refractivity contribution in [2.45, 2.75) is 51.0 Å². The third-order valence-corrected chi connectivity index (χ3v) is 5.18. The van der Waals surface area contributed by atoms with E-state index < -0.39 is 102 Å². The number of anilines is 2. The molecule has 10 N–H and O–H groups in total. The molecule has 0 saturated heterocycles. The zero-order chi connectivity index (χ0) is 30.6. The van der Waals surface area contributed by atoms with Crippen molar-refractivity contribution < 1.29 is 58.8 Å². The molecular formula is C22H28N6O12. The van der Waals surface area contributed by atoms with Crippen LogP contribution in [-0.4, -0.2) is 90.2 Å². The number of carbonyl (C=O) groups excluding carboxylic acids is 4. The molecule has 0 bridgehead atoms. The molecule has 218 valence electrons. The highest BCUT2D eigenvalue weighted by Gasteiger charge is 2.25. The van der Waals surface area contributed by atoms with Crippen molar-refractivity contribution in [2.24, 2.45) is 5.92 Å². The summed E-state index contributed by atoms with van der Waals surface area (Å²) in [6.07, 6.45) is -3.02. The van der Waals surface area contributed by atoms with Crippen molar-refractivity contribution in [3.05, 3.63) is 11.4 Å². The van der Waals surface area contributed by atoms with Gasteiger partial charge in [-0.3, -0.25) is 33.6 Å². The predicted octanol–water partition coefficient (Wildman–Crippen LogP) is -1.71. The fraction of sp³-hybridized carbons (Fsp3) is 0.455. The van der Waals surface area contributed by atoms with Gasteiger partial charge in [0.15, 0.2) is 28.8 Å². The molecule has 0 aliphatic carbocycles. The Balaban J connectivity index is 2.66. The minimum absolute atomic E-state index is 0.0302. The van der Waals surface area contributed by atoms with Crippen LogP contribution in [0.1, 0.15) is 65.9 Å². The summed E-state index contributed by atoms with van der Waals surface area (Å²) in [4.78, 5) is 99.6. The monoisotopic (exact) mass is 568 g/mol. The summed E-state index contributed by atoms with van der Waals surface area (Å²) in [6, 6.07) is -1.66. The first-order valence-corrected chi connectivity index (χ1v) is 11.6. The molecule has 0 spiro atoms. The van der Waals surface area contributed by atoms with Gasteiger partial charge in [-0.05, 0) is 6.42 Å². The molecule has 0 aliphatic rings. The molecule has 1 aromatic rings. The zero-order valence-electron chi connectivity index (χ0n) is 20.9. The van der Waals surface area contributed by atoms with Crippen LogP contribution in [0, 0.1) is 5.92 Å². The lowest BCUT2D eigenvalue weighted by Crippen LogP contribution is -2.43. The van der Waals surface area contributed by atoms with E-state index >= 15 is 0 Å². The second-order valence-electron chi connectivity index (χ2n) is 8.41. The SMILES string of the molecule is Nc1nc(C(=O)NCCC(=O)N[C@H](CC(=O)O)C(=O)O)c(N)nc1C(=O)CCCC(=O)C[C@H](CC(=O)O)C(=O)O. The summed E-state index contributed by atoms with van der Waals surface area (Å²) in [5, 5.41) is 39.6. The summed E-state index contributed by atoms with van der Waals surface area (Å²) in [7, 11) is 0. The quantitative estimate of drug-likeness (QED) is 0.0914. The molecule has 1 aromatic heterocycles. The molecule has 0 unspecified atom stereocenters. The van der Waals surface area contributed by atoms with Crippen molar-refractivity contribution in [3.63, 3.8) is 0 Å². The Morgan fingerprint density at radius 1 is 0.725 bits per heavy atom. The summed E-state index contributed by atoms with van der Waals surface area (Å²) in [5.74, 6) is -11.1. The number of nitrogens with one attached hydrogen (secondary N) is 2. The Morgan fingerprint density at radius 3 is 1.85 bits per heavy atom. The van der Waals surface area contributed by atoms with Crippen LogP contribution in [0.3, 0.4) is 0 Å². The molecule has 18 heteroatoms. The van der Waals surface area contributed by atoms with Gasteiger partial charge in [-0.2, -0.15) is 0 Å². The number of ketones is 2. The Kier molecular flexibility index (Phi) is 12.6. The van der Waals surface area contributed by atoms with E-state index in [1.165, 1.54) is 0 Å². The first-order valence-electron chi connectivity index (χ1n) is 11.6. The number of nitrogens with zero attached hydrogens (tertiary/aromatic N) is 2. The minimum atomic E-state index is -1.66. The Labute approximate surface area is 225 Å². The molecule has 0 aliphatic heterocycles. The molecule has 0 radical (unpaired) electrons. The van der Waals surface area contributed by atoms with Crippen LogP contribution in [0.25, 0.3) is 0 Å². The maximum absolute atomic E-state index is 12.5. The normalized spacial score (nSPS) is 12.0. The van der Waals surface area contributed by atoms with E-state index in [2.05, 4.69) is 15.3 Å². The molecular weight excluding hydrogens is 540 g/mol. The van der Waals surface area contributed by atoms with Crippen LogP contribution in [0.5, 0.6) is 0 Å². The number of amides is 2. The van der Waals surface area contributed by atoms with Crippen LogP contribution in [0.2, 0.25) is 0 Å². The van der Waals surface area contributed by atoms with Gasteiger partial charge in [-0.15, -0.1) is 0 Å². The Morgan fingerprint density at radius 2 is 1.30 bits per heavy atom. The predicted molar refractivity (Wildman–Crippen MR) is 131 cm³/mol. The topological polar surface area (TPSA) is 319 Å². The molecule has 0 fully saturated rings. The lowest BCUT2D eigenvalue weighted by Gasteiger charge is -2.13. The second kappa shape index (κ2) is 15.3. The number of carboxylic acid groups (broad SMARTS) is 4. The van der Waals surface area contributed by atoms with Gasteiger partial charge < -0.3 is 42.5 Å². The Hall–Kier alpha value is -5.16. The van der Waals surface area contributed by atoms with Crippen molar-refractivity contribution in [2.75, 3.05) is 18.0 Å². The van der Waals surface area contributed by atoms with Crippen LogP contribution >= 0.6 is 0 Å². The number of carbonyl (C=O) groups is 8. The highest BCUT2D eigenvalue weighted by Crippen LogP contribution is 2.17. The molecule has 2 atom stereocenters. The number of rotatable bonds is 18. The van der Waals surface area contributed by atoms with Crippen molar-refractivity contribution in [1.82, 2.24) is 20.6 Å². The maximum Gasteiger partial charge on any atom is 0.326 e. The van der Waals surface area contributed by atoms with Gasteiger partial charge in [0.2, 0.25) is 5.91 Å². The van der Waals surface area contributed by atoms with Crippen molar-refractivity contribution in [1.29, 1.82) is 0 Å². The highest BCUT2D eigenvalue weighted by molar-refractivity contribution is 6.02. The molecule has 40 heavy (non-hydrogen) atoms. The number of Topliss-reactive ketones (excluding diaryl/α,β-unsaturated/α-hetero) is 2. The smallest absolute Gasteiger partial charge is 0.326 e. The van der Waals surface area contributed by atoms with E-state index in [9.17, 15) is 38.4 Å². The van der Waals surface area contributed by atoms with Gasteiger partial charge in [-0.1, -0.05) is 0 Å². The van der Waals surface area contributed by atoms with Crippen LogP contribution < -0.4 is 22.1 Å². The number of hydrogen-bond acceptors (Lipinski definition) is 12. The van der Waals surface area contributed by atoms with Gasteiger partial charge >= 0.3 is 23.9 Å². The van der Waals surface area contributed by atoms with E-state index in [0.29, 0.717) is 0 Å². The summed E-state index contributed by atoms with van der Waals surface area (Å²) >= 11 is 0. The molecule has 1 rings (SSSR count). The van der Waals surface area contributed by atoms with Gasteiger partial charge in [0.25, 0.3) is 5.91 Å². The van der Waals surface area contributed by atoms with E-state index in [0.717, 1.165) is 0 Å². The highest BCUT2D eigenvalue weighted by atomic mass is 16.4. The summed E-state index contributed by atoms with van der Waals surface area (Å²) in [6.45, 7) is -0.324. The molecule has 0 aromatic carbocycles. The fourth-order valence-electron chi connectivity index (χ4n) is 3.25. The molecule has 1 heterocycles. The number of nitrogens with two attached hydrogens (primary N) is 2. The number of carboxylic acids is 4. The van der Waals surface area contributed by atoms with E-state index in [-0.39, 0.29) is 31.5 Å². The summed E-state index contributed by atoms with van der Waals surface area (Å²) < 4.78 is 0. The Bertz CT molecular complexity index is 1110. The van der Waals surface area contributed by atoms with Gasteiger partial charge in [0.1, 0.15) is 11.8 Å². The van der Waals surface area contributed by atoms with Gasteiger partial charge in [-0.25, -0.2) is 14.8 Å². The minimum Gasteiger partial charge on any atom is -0.481 e. The lowest BCUT2D eigenvalue weighted by atomic mass is 9.96. The van der Waals surface area contributed by atoms with Crippen LogP contribution in [-0.2, 0) is 28.8 Å². The summed E-state index contributed by atoms with van der Waals surface area (Å²) in [5.41, 5.74) is 10.6. The first-order chi connectivity index (χ1) is 18.6. The maximum atomic E-state index is 12.5. The third kappa shape index (κ3) is 11.1. The fourth-order valence-corrected chi connectivity index (χ4v) is 3.25. The average molecular weight is 568 g/mol. The largest absolute Gasteiger partial charge is 0.481 e. The van der Waals surface area contributed by atoms with E-state index in [4.69, 9.17) is 31.9 Å². The number of aromatic nitrogens is 2. The molecule has 2 amide bonds. The van der Waals surface area contributed by atoms with Crippen molar-refractivity contribution >= 4 is 58.9 Å². The third-order valence-electron chi connectivity index (χ3n) is 5.18. The van der Waals surface area contributed by atoms with E-state index in [1.807, 2.05) is 5.32 Å². The van der Waals surface area contributed by atoms with Gasteiger partial charge in [0.05, 0.1) is 18.8 Å². The average Bonchev–Trinajstić information content (AvgIpc) is 2.83. The number of hydrogen-bond donors (Lipinski definition) is 8. The second-order valence-corrected chi connectivity index (χ2v) is 8.41. The molecule has 18 nitrogen and oxygen atoms in total. The zero-order valence-corrected chi connectivity index (χ0v) is 20.9. The number of aliphatic carboxylic acids is 4. The first kappa shape index (κ1) is 32.9. The molecule has 0 saturated carbocycles. The standard InChI is InChI=1S/C22H28N6O12/c23-18-16(12(30)3-1-2-10(29)6-9(21(37)38)7-14(32)33)27-19(24)17(28-18)20(36)25-5-4-13(31)26-11(22(39)40)8-15(34)35/h9,11H,1-8H2,(H2,23,28)(H2,24,27)(H,25,36)(H,26,31)(H,32,33)(H,34,35)(H,37,38)(H,39,40)/t9-,11-/m1/s1. The lowest BCUT2D eigenvalue weighted by molar-refractivity contribution is -0.149.